The first-order chi connectivity index (χ1) is 10.3. The highest BCUT2D eigenvalue weighted by Crippen LogP contribution is 2.26. The molecule has 0 fully saturated rings. The van der Waals surface area contributed by atoms with Crippen molar-refractivity contribution in [1.29, 1.82) is 0 Å². The third kappa shape index (κ3) is 3.80. The highest BCUT2D eigenvalue weighted by molar-refractivity contribution is 7.89. The fourth-order valence-electron chi connectivity index (χ4n) is 1.89. The van der Waals surface area contributed by atoms with Crippen molar-refractivity contribution < 1.29 is 13.2 Å². The molecule has 0 heterocycles. The van der Waals surface area contributed by atoms with Crippen LogP contribution < -0.4 is 4.74 Å². The van der Waals surface area contributed by atoms with E-state index < -0.39 is 10.0 Å². The molecule has 2 rings (SSSR count). The molecule has 0 radical (unpaired) electrons. The molecule has 0 aliphatic heterocycles. The maximum Gasteiger partial charge on any atom is 0.242 e. The van der Waals surface area contributed by atoms with Crippen molar-refractivity contribution in [3.8, 4) is 5.75 Å². The van der Waals surface area contributed by atoms with Gasteiger partial charge in [-0.3, -0.25) is 0 Å². The molecule has 22 heavy (non-hydrogen) atoms. The summed E-state index contributed by atoms with van der Waals surface area (Å²) in [6, 6.07) is 12.2. The van der Waals surface area contributed by atoms with Crippen molar-refractivity contribution in [2.45, 2.75) is 18.4 Å². The van der Waals surface area contributed by atoms with Crippen LogP contribution in [0.15, 0.2) is 47.4 Å². The fourth-order valence-corrected chi connectivity index (χ4v) is 3.03. The first-order valence-electron chi connectivity index (χ1n) is 6.71. The zero-order valence-corrected chi connectivity index (χ0v) is 14.3. The SMILES string of the molecule is Cc1ccc(Cl)c(OCc2cccc(S(=O)(=O)N(C)C)c2)c1. The minimum absolute atomic E-state index is 0.244. The lowest BCUT2D eigenvalue weighted by atomic mass is 10.2. The molecule has 2 aromatic rings. The molecule has 6 heteroatoms. The summed E-state index contributed by atoms with van der Waals surface area (Å²) in [5.74, 6) is 0.586. The van der Waals surface area contributed by atoms with Crippen LogP contribution in [-0.2, 0) is 16.6 Å². The highest BCUT2D eigenvalue weighted by Gasteiger charge is 2.17. The molecule has 0 aliphatic rings. The largest absolute Gasteiger partial charge is 0.487 e. The van der Waals surface area contributed by atoms with Gasteiger partial charge in [-0.2, -0.15) is 0 Å². The molecular weight excluding hydrogens is 322 g/mol. The van der Waals surface area contributed by atoms with Crippen molar-refractivity contribution in [2.24, 2.45) is 0 Å². The minimum Gasteiger partial charge on any atom is -0.487 e. The maximum atomic E-state index is 12.1. The van der Waals surface area contributed by atoms with Crippen molar-refractivity contribution >= 4 is 21.6 Å². The molecule has 0 saturated carbocycles. The second-order valence-corrected chi connectivity index (χ2v) is 7.72. The third-order valence-electron chi connectivity index (χ3n) is 3.16. The van der Waals surface area contributed by atoms with Crippen molar-refractivity contribution in [2.75, 3.05) is 14.1 Å². The summed E-state index contributed by atoms with van der Waals surface area (Å²) >= 11 is 6.08. The van der Waals surface area contributed by atoms with Crippen LogP contribution in [0.25, 0.3) is 0 Å². The number of aryl methyl sites for hydroxylation is 1. The molecule has 4 nitrogen and oxygen atoms in total. The Kier molecular flexibility index (Phi) is 5.11. The number of ether oxygens (including phenoxy) is 1. The van der Waals surface area contributed by atoms with Crippen molar-refractivity contribution in [1.82, 2.24) is 4.31 Å². The van der Waals surface area contributed by atoms with Crippen LogP contribution in [0, 0.1) is 6.92 Å². The molecule has 2 aromatic carbocycles. The minimum atomic E-state index is -3.45. The molecule has 0 bridgehead atoms. The van der Waals surface area contributed by atoms with Gasteiger partial charge in [0.05, 0.1) is 9.92 Å². The Bertz CT molecular complexity index is 773. The lowest BCUT2D eigenvalue weighted by Gasteiger charge is -2.13. The zero-order valence-electron chi connectivity index (χ0n) is 12.7. The molecule has 0 atom stereocenters. The Morgan fingerprint density at radius 1 is 1.14 bits per heavy atom. The van der Waals surface area contributed by atoms with E-state index >= 15 is 0 Å². The smallest absolute Gasteiger partial charge is 0.242 e. The van der Waals surface area contributed by atoms with Crippen molar-refractivity contribution in [3.63, 3.8) is 0 Å². The van der Waals surface area contributed by atoms with E-state index in [1.165, 1.54) is 18.4 Å². The highest BCUT2D eigenvalue weighted by atomic mass is 35.5. The zero-order chi connectivity index (χ0) is 16.3. The average molecular weight is 340 g/mol. The summed E-state index contributed by atoms with van der Waals surface area (Å²) in [4.78, 5) is 0.244. The van der Waals surface area contributed by atoms with E-state index in [0.29, 0.717) is 10.8 Å². The monoisotopic (exact) mass is 339 g/mol. The van der Waals surface area contributed by atoms with Gasteiger partial charge in [0.1, 0.15) is 12.4 Å². The first-order valence-corrected chi connectivity index (χ1v) is 8.53. The van der Waals surface area contributed by atoms with Crippen LogP contribution in [0.2, 0.25) is 5.02 Å². The maximum absolute atomic E-state index is 12.1. The van der Waals surface area contributed by atoms with Crippen LogP contribution >= 0.6 is 11.6 Å². The molecule has 0 aliphatic carbocycles. The van der Waals surface area contributed by atoms with Crippen LogP contribution in [0.5, 0.6) is 5.75 Å². The molecule has 0 amide bonds. The quantitative estimate of drug-likeness (QED) is 0.837. The van der Waals surface area contributed by atoms with Gasteiger partial charge in [-0.25, -0.2) is 12.7 Å². The summed E-state index contributed by atoms with van der Waals surface area (Å²) in [5, 5.41) is 0.530. The predicted octanol–water partition coefficient (Wildman–Crippen LogP) is 3.48. The number of halogens is 1. The fraction of sp³-hybridized carbons (Fsp3) is 0.250. The third-order valence-corrected chi connectivity index (χ3v) is 5.28. The number of rotatable bonds is 5. The van der Waals surface area contributed by atoms with Crippen LogP contribution in [0.4, 0.5) is 0 Å². The van der Waals surface area contributed by atoms with E-state index in [9.17, 15) is 8.42 Å². The van der Waals surface area contributed by atoms with E-state index in [4.69, 9.17) is 16.3 Å². The molecule has 0 spiro atoms. The van der Waals surface area contributed by atoms with E-state index in [2.05, 4.69) is 0 Å². The molecule has 0 saturated heterocycles. The van der Waals surface area contributed by atoms with E-state index in [0.717, 1.165) is 11.1 Å². The number of hydrogen-bond acceptors (Lipinski definition) is 3. The number of sulfonamides is 1. The normalized spacial score (nSPS) is 11.7. The van der Waals surface area contributed by atoms with Crippen LogP contribution in [-0.4, -0.2) is 26.8 Å². The lowest BCUT2D eigenvalue weighted by Crippen LogP contribution is -2.22. The Hall–Kier alpha value is -1.56. The summed E-state index contributed by atoms with van der Waals surface area (Å²) in [5.41, 5.74) is 1.81. The van der Waals surface area contributed by atoms with E-state index in [1.807, 2.05) is 25.1 Å². The molecular formula is C16H18ClNO3S. The van der Waals surface area contributed by atoms with Crippen LogP contribution in [0.3, 0.4) is 0 Å². The van der Waals surface area contributed by atoms with Gasteiger partial charge in [0, 0.05) is 14.1 Å². The molecule has 118 valence electrons. The number of benzene rings is 2. The summed E-state index contributed by atoms with van der Waals surface area (Å²) in [6.07, 6.45) is 0. The summed E-state index contributed by atoms with van der Waals surface area (Å²) < 4.78 is 31.1. The van der Waals surface area contributed by atoms with Crippen LogP contribution in [0.1, 0.15) is 11.1 Å². The first kappa shape index (κ1) is 16.8. The van der Waals surface area contributed by atoms with Gasteiger partial charge in [-0.1, -0.05) is 29.8 Å². The second kappa shape index (κ2) is 6.69. The summed E-state index contributed by atoms with van der Waals surface area (Å²) in [6.45, 7) is 2.20. The Balaban J connectivity index is 2.20. The van der Waals surface area contributed by atoms with Gasteiger partial charge in [-0.05, 0) is 42.3 Å². The van der Waals surface area contributed by atoms with Gasteiger partial charge < -0.3 is 4.74 Å². The predicted molar refractivity (Wildman–Crippen MR) is 87.8 cm³/mol. The molecule has 0 unspecified atom stereocenters. The lowest BCUT2D eigenvalue weighted by molar-refractivity contribution is 0.306. The van der Waals surface area contributed by atoms with Gasteiger partial charge in [0.2, 0.25) is 10.0 Å². The van der Waals surface area contributed by atoms with E-state index in [1.54, 1.807) is 24.3 Å². The Labute approximate surface area is 136 Å². The van der Waals surface area contributed by atoms with Gasteiger partial charge in [-0.15, -0.1) is 0 Å². The average Bonchev–Trinajstić information content (AvgIpc) is 2.48. The molecule has 0 N–H and O–H groups in total. The Morgan fingerprint density at radius 2 is 1.86 bits per heavy atom. The van der Waals surface area contributed by atoms with Crippen molar-refractivity contribution in [3.05, 3.63) is 58.6 Å². The van der Waals surface area contributed by atoms with Gasteiger partial charge in [0.25, 0.3) is 0 Å². The summed E-state index contributed by atoms with van der Waals surface area (Å²) in [7, 11) is -0.436. The van der Waals surface area contributed by atoms with Gasteiger partial charge in [0.15, 0.2) is 0 Å². The Morgan fingerprint density at radius 3 is 2.55 bits per heavy atom. The topological polar surface area (TPSA) is 46.6 Å². The van der Waals surface area contributed by atoms with E-state index in [-0.39, 0.29) is 11.5 Å². The number of hydrogen-bond donors (Lipinski definition) is 0. The molecule has 0 aromatic heterocycles. The van der Waals surface area contributed by atoms with Gasteiger partial charge >= 0.3 is 0 Å². The number of nitrogens with zero attached hydrogens (tertiary/aromatic N) is 1. The second-order valence-electron chi connectivity index (χ2n) is 5.16. The standard InChI is InChI=1S/C16H18ClNO3S/c1-12-7-8-15(17)16(9-12)21-11-13-5-4-6-14(10-13)22(19,20)18(2)3/h4-10H,11H2,1-3H3.